The number of aryl methyl sites for hydroxylation is 1. The van der Waals surface area contributed by atoms with Gasteiger partial charge >= 0.3 is 5.97 Å². The van der Waals surface area contributed by atoms with Crippen molar-refractivity contribution in [3.63, 3.8) is 0 Å². The smallest absolute Gasteiger partial charge is 0.308 e. The molecule has 1 aromatic heterocycles. The molecule has 1 amide bonds. The molecule has 0 fully saturated rings. The summed E-state index contributed by atoms with van der Waals surface area (Å²) in [7, 11) is 0. The van der Waals surface area contributed by atoms with Crippen LogP contribution in [0.15, 0.2) is 22.6 Å². The minimum absolute atomic E-state index is 0.102. The molecular weight excluding hydrogens is 270 g/mol. The second kappa shape index (κ2) is 7.11. The van der Waals surface area contributed by atoms with Gasteiger partial charge in [-0.2, -0.15) is 0 Å². The van der Waals surface area contributed by atoms with Crippen molar-refractivity contribution in [3.8, 4) is 0 Å². The summed E-state index contributed by atoms with van der Waals surface area (Å²) in [5, 5.41) is 11.8. The SMILES string of the molecule is Cc1ccc(/C=C/C(=O)NCC(CC(C)(C)C)C(=O)O)o1. The molecule has 0 bridgehead atoms. The topological polar surface area (TPSA) is 79.5 Å². The van der Waals surface area contributed by atoms with Gasteiger partial charge in [0.05, 0.1) is 5.92 Å². The Kier molecular flexibility index (Phi) is 5.76. The lowest BCUT2D eigenvalue weighted by atomic mass is 9.84. The Hall–Kier alpha value is -2.04. The molecule has 0 aliphatic heterocycles. The van der Waals surface area contributed by atoms with Gasteiger partial charge in [-0.15, -0.1) is 0 Å². The standard InChI is InChI=1S/C16H23NO4/c1-11-5-6-13(21-11)7-8-14(18)17-10-12(15(19)20)9-16(2,3)4/h5-8,12H,9-10H2,1-4H3,(H,17,18)(H,19,20)/b8-7+. The van der Waals surface area contributed by atoms with Gasteiger partial charge in [-0.1, -0.05) is 20.8 Å². The van der Waals surface area contributed by atoms with Gasteiger partial charge in [0, 0.05) is 12.6 Å². The molecule has 1 atom stereocenters. The Morgan fingerprint density at radius 3 is 2.52 bits per heavy atom. The fourth-order valence-corrected chi connectivity index (χ4v) is 1.97. The van der Waals surface area contributed by atoms with E-state index in [-0.39, 0.29) is 17.9 Å². The van der Waals surface area contributed by atoms with Crippen molar-refractivity contribution < 1.29 is 19.1 Å². The average Bonchev–Trinajstić information content (AvgIpc) is 2.76. The quantitative estimate of drug-likeness (QED) is 0.790. The molecule has 0 saturated carbocycles. The van der Waals surface area contributed by atoms with E-state index in [1.54, 1.807) is 18.2 Å². The minimum Gasteiger partial charge on any atom is -0.481 e. The van der Waals surface area contributed by atoms with Crippen LogP contribution in [-0.4, -0.2) is 23.5 Å². The Labute approximate surface area is 125 Å². The summed E-state index contributed by atoms with van der Waals surface area (Å²) in [6.07, 6.45) is 3.40. The third-order valence-corrected chi connectivity index (χ3v) is 2.89. The van der Waals surface area contributed by atoms with Crippen molar-refractivity contribution in [2.24, 2.45) is 11.3 Å². The van der Waals surface area contributed by atoms with Crippen molar-refractivity contribution in [1.29, 1.82) is 0 Å². The Bertz CT molecular complexity index is 523. The molecule has 0 aliphatic carbocycles. The predicted molar refractivity (Wildman–Crippen MR) is 80.7 cm³/mol. The van der Waals surface area contributed by atoms with Crippen LogP contribution < -0.4 is 5.32 Å². The molecule has 5 nitrogen and oxygen atoms in total. The molecule has 116 valence electrons. The summed E-state index contributed by atoms with van der Waals surface area (Å²) in [6.45, 7) is 7.87. The van der Waals surface area contributed by atoms with Gasteiger partial charge in [0.25, 0.3) is 0 Å². The highest BCUT2D eigenvalue weighted by Gasteiger charge is 2.24. The van der Waals surface area contributed by atoms with Crippen LogP contribution in [0.2, 0.25) is 0 Å². The number of nitrogens with one attached hydrogen (secondary N) is 1. The van der Waals surface area contributed by atoms with Crippen LogP contribution in [0.1, 0.15) is 38.7 Å². The van der Waals surface area contributed by atoms with Crippen molar-refractivity contribution in [1.82, 2.24) is 5.32 Å². The number of carboxylic acid groups (broad SMARTS) is 1. The Morgan fingerprint density at radius 1 is 1.38 bits per heavy atom. The van der Waals surface area contributed by atoms with E-state index < -0.39 is 11.9 Å². The van der Waals surface area contributed by atoms with E-state index in [1.165, 1.54) is 6.08 Å². The number of rotatable bonds is 6. The van der Waals surface area contributed by atoms with E-state index in [9.17, 15) is 14.7 Å². The summed E-state index contributed by atoms with van der Waals surface area (Å²) in [5.41, 5.74) is -0.102. The molecule has 0 aromatic carbocycles. The van der Waals surface area contributed by atoms with E-state index in [0.29, 0.717) is 12.2 Å². The zero-order chi connectivity index (χ0) is 16.0. The van der Waals surface area contributed by atoms with Gasteiger partial charge in [-0.3, -0.25) is 9.59 Å². The third kappa shape index (κ3) is 6.79. The maximum atomic E-state index is 11.7. The molecule has 0 aliphatic rings. The molecule has 5 heteroatoms. The molecule has 0 radical (unpaired) electrons. The Morgan fingerprint density at radius 2 is 2.05 bits per heavy atom. The number of carbonyl (C=O) groups excluding carboxylic acids is 1. The van der Waals surface area contributed by atoms with Crippen LogP contribution in [0.3, 0.4) is 0 Å². The molecule has 0 saturated heterocycles. The molecular formula is C16H23NO4. The first kappa shape index (κ1) is 17.0. The van der Waals surface area contributed by atoms with Gasteiger partial charge in [0.2, 0.25) is 5.91 Å². The summed E-state index contributed by atoms with van der Waals surface area (Å²) in [4.78, 5) is 22.9. The summed E-state index contributed by atoms with van der Waals surface area (Å²) in [5.74, 6) is -0.452. The highest BCUT2D eigenvalue weighted by molar-refractivity contribution is 5.91. The Balaban J connectivity index is 2.50. The van der Waals surface area contributed by atoms with Gasteiger partial charge in [0.1, 0.15) is 11.5 Å². The number of aliphatic carboxylic acids is 1. The van der Waals surface area contributed by atoms with Crippen molar-refractivity contribution in [3.05, 3.63) is 29.7 Å². The van der Waals surface area contributed by atoms with Gasteiger partial charge < -0.3 is 14.8 Å². The van der Waals surface area contributed by atoms with Crippen molar-refractivity contribution in [2.45, 2.75) is 34.1 Å². The van der Waals surface area contributed by atoms with Crippen LogP contribution in [0.5, 0.6) is 0 Å². The zero-order valence-electron chi connectivity index (χ0n) is 13.0. The average molecular weight is 293 g/mol. The highest BCUT2D eigenvalue weighted by atomic mass is 16.4. The normalized spacial score (nSPS) is 13.3. The molecule has 21 heavy (non-hydrogen) atoms. The summed E-state index contributed by atoms with van der Waals surface area (Å²) >= 11 is 0. The van der Waals surface area contributed by atoms with Gasteiger partial charge in [-0.05, 0) is 37.0 Å². The van der Waals surface area contributed by atoms with E-state index in [4.69, 9.17) is 4.42 Å². The highest BCUT2D eigenvalue weighted by Crippen LogP contribution is 2.24. The number of amides is 1. The number of hydrogen-bond donors (Lipinski definition) is 2. The second-order valence-electron chi connectivity index (χ2n) is 6.33. The van der Waals surface area contributed by atoms with E-state index in [1.807, 2.05) is 27.7 Å². The van der Waals surface area contributed by atoms with Gasteiger partial charge in [-0.25, -0.2) is 0 Å². The lowest BCUT2D eigenvalue weighted by molar-refractivity contribution is -0.142. The van der Waals surface area contributed by atoms with Crippen LogP contribution >= 0.6 is 0 Å². The number of hydrogen-bond acceptors (Lipinski definition) is 3. The summed E-state index contributed by atoms with van der Waals surface area (Å²) in [6, 6.07) is 3.57. The van der Waals surface area contributed by atoms with E-state index in [2.05, 4.69) is 5.32 Å². The molecule has 1 aromatic rings. The largest absolute Gasteiger partial charge is 0.481 e. The first-order chi connectivity index (χ1) is 9.67. The van der Waals surface area contributed by atoms with Gasteiger partial charge in [0.15, 0.2) is 0 Å². The van der Waals surface area contributed by atoms with Crippen LogP contribution in [0.4, 0.5) is 0 Å². The fraction of sp³-hybridized carbons (Fsp3) is 0.500. The molecule has 0 spiro atoms. The maximum absolute atomic E-state index is 11.7. The molecule has 1 rings (SSSR count). The van der Waals surface area contributed by atoms with Crippen molar-refractivity contribution in [2.75, 3.05) is 6.54 Å². The monoisotopic (exact) mass is 293 g/mol. The first-order valence-electron chi connectivity index (χ1n) is 6.92. The van der Waals surface area contributed by atoms with Crippen LogP contribution in [0, 0.1) is 18.3 Å². The lowest BCUT2D eigenvalue weighted by Gasteiger charge is -2.23. The lowest BCUT2D eigenvalue weighted by Crippen LogP contribution is -2.34. The fourth-order valence-electron chi connectivity index (χ4n) is 1.97. The second-order valence-corrected chi connectivity index (χ2v) is 6.33. The van der Waals surface area contributed by atoms with Crippen molar-refractivity contribution >= 4 is 18.0 Å². The zero-order valence-corrected chi connectivity index (χ0v) is 13.0. The number of carboxylic acids is 1. The molecule has 1 heterocycles. The number of carbonyl (C=O) groups is 2. The number of furan rings is 1. The molecule has 1 unspecified atom stereocenters. The predicted octanol–water partition coefficient (Wildman–Crippen LogP) is 2.85. The van der Waals surface area contributed by atoms with Crippen LogP contribution in [0.25, 0.3) is 6.08 Å². The summed E-state index contributed by atoms with van der Waals surface area (Å²) < 4.78 is 5.30. The van der Waals surface area contributed by atoms with E-state index >= 15 is 0 Å². The minimum atomic E-state index is -0.893. The van der Waals surface area contributed by atoms with E-state index in [0.717, 1.165) is 5.76 Å². The molecule has 2 N–H and O–H groups in total. The maximum Gasteiger partial charge on any atom is 0.308 e. The first-order valence-corrected chi connectivity index (χ1v) is 6.92. The van der Waals surface area contributed by atoms with Crippen LogP contribution in [-0.2, 0) is 9.59 Å². The third-order valence-electron chi connectivity index (χ3n) is 2.89.